The predicted molar refractivity (Wildman–Crippen MR) is 100 cm³/mol. The third-order valence-corrected chi connectivity index (χ3v) is 5.53. The van der Waals surface area contributed by atoms with Gasteiger partial charge in [0.15, 0.2) is 5.13 Å². The molecule has 1 aromatic carbocycles. The van der Waals surface area contributed by atoms with Crippen LogP contribution >= 0.6 is 23.1 Å². The molecule has 0 aliphatic heterocycles. The number of thiazole rings is 1. The molecule has 0 saturated heterocycles. The summed E-state index contributed by atoms with van der Waals surface area (Å²) >= 11 is 2.69. The van der Waals surface area contributed by atoms with Gasteiger partial charge in [-0.3, -0.25) is 4.79 Å². The van der Waals surface area contributed by atoms with E-state index in [9.17, 15) is 4.79 Å². The normalized spacial score (nSPS) is 12.2. The van der Waals surface area contributed by atoms with Gasteiger partial charge in [0.05, 0.1) is 10.9 Å². The second-order valence-corrected chi connectivity index (χ2v) is 8.14. The van der Waals surface area contributed by atoms with Crippen molar-refractivity contribution in [3.63, 3.8) is 0 Å². The van der Waals surface area contributed by atoms with E-state index in [0.29, 0.717) is 16.2 Å². The van der Waals surface area contributed by atoms with E-state index in [1.54, 1.807) is 6.92 Å². The second-order valence-electron chi connectivity index (χ2n) is 5.65. The maximum atomic E-state index is 12.3. The van der Waals surface area contributed by atoms with Crippen molar-refractivity contribution in [2.45, 2.75) is 38.2 Å². The number of benzene rings is 1. The lowest BCUT2D eigenvalue weighted by atomic mass is 10.1. The number of anilines is 1. The molecule has 3 aromatic rings. The summed E-state index contributed by atoms with van der Waals surface area (Å²) in [7, 11) is 0. The molecule has 1 amide bonds. The number of hydrogen-bond donors (Lipinski definition) is 1. The van der Waals surface area contributed by atoms with Gasteiger partial charge < -0.3 is 9.73 Å². The molecule has 25 heavy (non-hydrogen) atoms. The third kappa shape index (κ3) is 4.26. The number of nitrogens with zero attached hydrogens (tertiary/aromatic N) is 3. The monoisotopic (exact) mass is 374 g/mol. The summed E-state index contributed by atoms with van der Waals surface area (Å²) in [5, 5.41) is 11.5. The summed E-state index contributed by atoms with van der Waals surface area (Å²) in [6, 6.07) is 7.84. The van der Waals surface area contributed by atoms with Gasteiger partial charge in [-0.15, -0.1) is 21.5 Å². The number of amides is 1. The summed E-state index contributed by atoms with van der Waals surface area (Å²) in [4.78, 5) is 17.7. The first-order valence-electron chi connectivity index (χ1n) is 7.74. The van der Waals surface area contributed by atoms with E-state index in [0.717, 1.165) is 21.7 Å². The number of aromatic nitrogens is 3. The van der Waals surface area contributed by atoms with Gasteiger partial charge in [0.25, 0.3) is 5.22 Å². The quantitative estimate of drug-likeness (QED) is 0.673. The lowest BCUT2D eigenvalue weighted by Crippen LogP contribution is -2.22. The molecule has 0 bridgehead atoms. The Balaban J connectivity index is 1.63. The Morgan fingerprint density at radius 2 is 1.92 bits per heavy atom. The molecule has 2 heterocycles. The van der Waals surface area contributed by atoms with Gasteiger partial charge in [-0.2, -0.15) is 0 Å². The topological polar surface area (TPSA) is 80.9 Å². The van der Waals surface area contributed by atoms with Gasteiger partial charge in [-0.05, 0) is 39.8 Å². The third-order valence-electron chi connectivity index (χ3n) is 3.61. The minimum absolute atomic E-state index is 0.145. The number of hydrogen-bond acceptors (Lipinski definition) is 7. The predicted octanol–water partition coefficient (Wildman–Crippen LogP) is 4.24. The van der Waals surface area contributed by atoms with Crippen LogP contribution in [0.2, 0.25) is 0 Å². The highest BCUT2D eigenvalue weighted by atomic mass is 32.2. The fourth-order valence-electron chi connectivity index (χ4n) is 2.01. The fraction of sp³-hybridized carbons (Fsp3) is 0.294. The Kier molecular flexibility index (Phi) is 5.19. The summed E-state index contributed by atoms with van der Waals surface area (Å²) in [6.45, 7) is 7.71. The highest BCUT2D eigenvalue weighted by Crippen LogP contribution is 2.28. The average Bonchev–Trinajstić information content (AvgIpc) is 3.15. The number of aryl methyl sites for hydroxylation is 3. The summed E-state index contributed by atoms with van der Waals surface area (Å²) in [5.41, 5.74) is 2.95. The zero-order chi connectivity index (χ0) is 18.0. The maximum absolute atomic E-state index is 12.3. The van der Waals surface area contributed by atoms with E-state index in [1.807, 2.05) is 45.0 Å². The van der Waals surface area contributed by atoms with Gasteiger partial charge in [-0.25, -0.2) is 4.98 Å². The number of nitrogens with one attached hydrogen (secondary N) is 1. The largest absolute Gasteiger partial charge is 0.411 e. The molecule has 130 valence electrons. The van der Waals surface area contributed by atoms with Crippen LogP contribution < -0.4 is 5.32 Å². The van der Waals surface area contributed by atoms with Crippen LogP contribution in [-0.2, 0) is 4.79 Å². The van der Waals surface area contributed by atoms with Crippen LogP contribution in [0.5, 0.6) is 0 Å². The number of carbonyl (C=O) groups excluding carboxylic acids is 1. The molecule has 1 atom stereocenters. The van der Waals surface area contributed by atoms with Gasteiger partial charge in [0, 0.05) is 10.4 Å². The van der Waals surface area contributed by atoms with Crippen LogP contribution in [0.25, 0.3) is 11.5 Å². The van der Waals surface area contributed by atoms with Gasteiger partial charge in [0.2, 0.25) is 11.8 Å². The number of rotatable bonds is 5. The van der Waals surface area contributed by atoms with Crippen LogP contribution in [-0.4, -0.2) is 26.3 Å². The standard InChI is InChI=1S/C17H18N4O2S2/c1-9-5-7-13(8-6-9)15-20-21-17(23-15)25-12(4)14(22)19-16-18-10(2)11(3)24-16/h5-8,12H,1-4H3,(H,18,19,22)/t12-/m1/s1. The molecule has 6 nitrogen and oxygen atoms in total. The second kappa shape index (κ2) is 7.37. The van der Waals surface area contributed by atoms with Crippen LogP contribution in [0, 0.1) is 20.8 Å². The molecule has 0 saturated carbocycles. The van der Waals surface area contributed by atoms with E-state index < -0.39 is 0 Å². The minimum atomic E-state index is -0.379. The van der Waals surface area contributed by atoms with E-state index in [1.165, 1.54) is 23.1 Å². The first-order chi connectivity index (χ1) is 11.9. The molecule has 0 fully saturated rings. The van der Waals surface area contributed by atoms with E-state index in [2.05, 4.69) is 20.5 Å². The van der Waals surface area contributed by atoms with E-state index >= 15 is 0 Å². The summed E-state index contributed by atoms with van der Waals surface area (Å²) in [5.74, 6) is 0.301. The minimum Gasteiger partial charge on any atom is -0.411 e. The van der Waals surface area contributed by atoms with Crippen molar-refractivity contribution in [2.75, 3.05) is 5.32 Å². The zero-order valence-corrected chi connectivity index (χ0v) is 16.0. The molecule has 0 unspecified atom stereocenters. The highest BCUT2D eigenvalue weighted by Gasteiger charge is 2.20. The molecule has 0 aliphatic rings. The molecule has 2 aromatic heterocycles. The Morgan fingerprint density at radius 1 is 1.20 bits per heavy atom. The van der Waals surface area contributed by atoms with Crippen molar-refractivity contribution in [1.82, 2.24) is 15.2 Å². The summed E-state index contributed by atoms with van der Waals surface area (Å²) in [6.07, 6.45) is 0. The molecule has 3 rings (SSSR count). The van der Waals surface area contributed by atoms with Crippen LogP contribution in [0.1, 0.15) is 23.1 Å². The van der Waals surface area contributed by atoms with Crippen molar-refractivity contribution < 1.29 is 9.21 Å². The zero-order valence-electron chi connectivity index (χ0n) is 14.4. The Morgan fingerprint density at radius 3 is 2.56 bits per heavy atom. The van der Waals surface area contributed by atoms with Crippen LogP contribution in [0.4, 0.5) is 5.13 Å². The van der Waals surface area contributed by atoms with E-state index in [4.69, 9.17) is 4.42 Å². The Bertz CT molecular complexity index is 867. The van der Waals surface area contributed by atoms with Gasteiger partial charge in [0.1, 0.15) is 0 Å². The lowest BCUT2D eigenvalue weighted by Gasteiger charge is -2.07. The van der Waals surface area contributed by atoms with Crippen molar-refractivity contribution in [1.29, 1.82) is 0 Å². The van der Waals surface area contributed by atoms with Crippen LogP contribution in [0.15, 0.2) is 33.9 Å². The smallest absolute Gasteiger partial charge is 0.277 e. The average molecular weight is 374 g/mol. The molecular formula is C17H18N4O2S2. The fourth-order valence-corrected chi connectivity index (χ4v) is 3.51. The first kappa shape index (κ1) is 17.6. The van der Waals surface area contributed by atoms with Crippen molar-refractivity contribution in [3.05, 3.63) is 40.4 Å². The first-order valence-corrected chi connectivity index (χ1v) is 9.44. The molecule has 1 N–H and O–H groups in total. The number of thioether (sulfide) groups is 1. The van der Waals surface area contributed by atoms with Crippen molar-refractivity contribution in [2.24, 2.45) is 0 Å². The molecule has 0 radical (unpaired) electrons. The maximum Gasteiger partial charge on any atom is 0.277 e. The molecular weight excluding hydrogens is 356 g/mol. The molecule has 0 spiro atoms. The highest BCUT2D eigenvalue weighted by molar-refractivity contribution is 8.00. The Labute approximate surface area is 154 Å². The van der Waals surface area contributed by atoms with E-state index in [-0.39, 0.29) is 11.2 Å². The van der Waals surface area contributed by atoms with Gasteiger partial charge >= 0.3 is 0 Å². The molecule has 0 aliphatic carbocycles. The lowest BCUT2D eigenvalue weighted by molar-refractivity contribution is -0.115. The summed E-state index contributed by atoms with van der Waals surface area (Å²) < 4.78 is 5.65. The van der Waals surface area contributed by atoms with Gasteiger partial charge in [-0.1, -0.05) is 29.5 Å². The molecule has 8 heteroatoms. The van der Waals surface area contributed by atoms with Crippen molar-refractivity contribution in [3.8, 4) is 11.5 Å². The SMILES string of the molecule is Cc1ccc(-c2nnc(S[C@H](C)C(=O)Nc3nc(C)c(C)s3)o2)cc1. The van der Waals surface area contributed by atoms with Crippen molar-refractivity contribution >= 4 is 34.1 Å². The van der Waals surface area contributed by atoms with Crippen LogP contribution in [0.3, 0.4) is 0 Å². The number of carbonyl (C=O) groups is 1. The Hall–Kier alpha value is -2.19.